The van der Waals surface area contributed by atoms with Gasteiger partial charge in [-0.15, -0.1) is 0 Å². The van der Waals surface area contributed by atoms with Crippen molar-refractivity contribution in [1.82, 2.24) is 16.0 Å². The largest absolute Gasteiger partial charge is 0.384 e. The molecule has 2 aromatic rings. The zero-order chi connectivity index (χ0) is 22.4. The van der Waals surface area contributed by atoms with Gasteiger partial charge in [-0.25, -0.2) is 0 Å². The van der Waals surface area contributed by atoms with Crippen LogP contribution in [-0.2, 0) is 22.6 Å². The van der Waals surface area contributed by atoms with Crippen LogP contribution in [0.25, 0.3) is 0 Å². The highest BCUT2D eigenvalue weighted by Gasteiger charge is 2.31. The van der Waals surface area contributed by atoms with Crippen molar-refractivity contribution in [2.45, 2.75) is 51.2 Å². The number of amidine groups is 1. The van der Waals surface area contributed by atoms with E-state index in [1.54, 1.807) is 19.1 Å². The van der Waals surface area contributed by atoms with Gasteiger partial charge in [-0.3, -0.25) is 15.0 Å². The van der Waals surface area contributed by atoms with Gasteiger partial charge >= 0.3 is 0 Å². The summed E-state index contributed by atoms with van der Waals surface area (Å²) in [6.45, 7) is 4.91. The van der Waals surface area contributed by atoms with Crippen molar-refractivity contribution in [3.05, 3.63) is 70.8 Å². The number of carbonyl (C=O) groups excluding carboxylic acids is 2. The third kappa shape index (κ3) is 5.92. The van der Waals surface area contributed by atoms with Crippen LogP contribution in [0, 0.1) is 5.41 Å². The highest BCUT2D eigenvalue weighted by Crippen LogP contribution is 2.26. The van der Waals surface area contributed by atoms with E-state index >= 15 is 0 Å². The fourth-order valence-corrected chi connectivity index (χ4v) is 3.78. The molecule has 2 amide bonds. The van der Waals surface area contributed by atoms with Crippen LogP contribution in [0.1, 0.15) is 48.4 Å². The Labute approximate surface area is 183 Å². The molecule has 2 aromatic carbocycles. The van der Waals surface area contributed by atoms with Gasteiger partial charge in [0.25, 0.3) is 0 Å². The number of nitrogen functional groups attached to an aromatic ring is 1. The van der Waals surface area contributed by atoms with E-state index in [2.05, 4.69) is 47.1 Å². The Morgan fingerprint density at radius 1 is 1.19 bits per heavy atom. The Morgan fingerprint density at radius 2 is 1.94 bits per heavy atom. The lowest BCUT2D eigenvalue weighted by molar-refractivity contribution is -0.129. The lowest BCUT2D eigenvalue weighted by Crippen LogP contribution is -2.49. The molecule has 0 radical (unpaired) electrons. The van der Waals surface area contributed by atoms with E-state index in [1.165, 1.54) is 11.1 Å². The second-order valence-corrected chi connectivity index (χ2v) is 8.05. The maximum absolute atomic E-state index is 12.7. The Morgan fingerprint density at radius 3 is 2.61 bits per heavy atom. The minimum atomic E-state index is -0.631. The minimum Gasteiger partial charge on any atom is -0.384 e. The van der Waals surface area contributed by atoms with Crippen molar-refractivity contribution in [2.75, 3.05) is 6.54 Å². The smallest absolute Gasteiger partial charge is 0.242 e. The predicted molar refractivity (Wildman–Crippen MR) is 122 cm³/mol. The van der Waals surface area contributed by atoms with Crippen LogP contribution in [0.5, 0.6) is 0 Å². The van der Waals surface area contributed by atoms with Gasteiger partial charge < -0.3 is 21.7 Å². The summed E-state index contributed by atoms with van der Waals surface area (Å²) >= 11 is 0. The number of hydrogen-bond donors (Lipinski definition) is 5. The van der Waals surface area contributed by atoms with Crippen molar-refractivity contribution in [3.8, 4) is 0 Å². The van der Waals surface area contributed by atoms with Crippen LogP contribution in [0.15, 0.2) is 48.5 Å². The van der Waals surface area contributed by atoms with Crippen molar-refractivity contribution in [3.63, 3.8) is 0 Å². The number of hydrogen-bond acceptors (Lipinski definition) is 4. The zero-order valence-corrected chi connectivity index (χ0v) is 18.1. The third-order valence-corrected chi connectivity index (χ3v) is 5.76. The highest BCUT2D eigenvalue weighted by molar-refractivity contribution is 5.95. The number of carbonyl (C=O) groups is 2. The van der Waals surface area contributed by atoms with E-state index < -0.39 is 6.04 Å². The standard InChI is InChI=1S/C24H31N5O2/c1-3-16-5-4-6-19(11-16)20-12-21(27-14-20)24(31)29-15(2)23(30)28-13-17-7-9-18(10-8-17)22(25)26/h4-11,15,20-21,27H,3,12-14H2,1-2H3,(H3,25,26)(H,28,30)(H,29,31)/t15-,20+,21+/m0/s1. The lowest BCUT2D eigenvalue weighted by atomic mass is 9.94. The van der Waals surface area contributed by atoms with E-state index in [0.717, 1.165) is 24.9 Å². The third-order valence-electron chi connectivity index (χ3n) is 5.76. The normalized spacial score (nSPS) is 18.9. The van der Waals surface area contributed by atoms with E-state index in [1.807, 2.05) is 12.1 Å². The molecular formula is C24H31N5O2. The molecule has 0 aromatic heterocycles. The summed E-state index contributed by atoms with van der Waals surface area (Å²) in [7, 11) is 0. The van der Waals surface area contributed by atoms with Crippen molar-refractivity contribution in [1.29, 1.82) is 5.41 Å². The summed E-state index contributed by atoms with van der Waals surface area (Å²) in [5.41, 5.74) is 9.53. The molecule has 164 valence electrons. The van der Waals surface area contributed by atoms with E-state index in [-0.39, 0.29) is 23.7 Å². The molecule has 3 rings (SSSR count). The summed E-state index contributed by atoms with van der Waals surface area (Å²) < 4.78 is 0. The van der Waals surface area contributed by atoms with Gasteiger partial charge in [0.1, 0.15) is 11.9 Å². The van der Waals surface area contributed by atoms with Gasteiger partial charge in [-0.1, -0.05) is 55.5 Å². The number of benzene rings is 2. The van der Waals surface area contributed by atoms with Crippen LogP contribution in [-0.4, -0.2) is 36.3 Å². The second kappa shape index (κ2) is 10.2. The second-order valence-electron chi connectivity index (χ2n) is 8.05. The Hall–Kier alpha value is -3.19. The summed E-state index contributed by atoms with van der Waals surface area (Å²) in [6, 6.07) is 14.7. The van der Waals surface area contributed by atoms with Gasteiger partial charge in [-0.05, 0) is 42.4 Å². The molecule has 0 spiro atoms. The summed E-state index contributed by atoms with van der Waals surface area (Å²) in [5, 5.41) is 16.3. The maximum Gasteiger partial charge on any atom is 0.242 e. The van der Waals surface area contributed by atoms with Crippen molar-refractivity contribution < 1.29 is 9.59 Å². The average Bonchev–Trinajstić information content (AvgIpc) is 3.28. The number of nitrogens with one attached hydrogen (secondary N) is 4. The van der Waals surface area contributed by atoms with Crippen molar-refractivity contribution >= 4 is 17.6 Å². The minimum absolute atomic E-state index is 0.00718. The highest BCUT2D eigenvalue weighted by atomic mass is 16.2. The molecule has 6 N–H and O–H groups in total. The molecule has 1 saturated heterocycles. The lowest BCUT2D eigenvalue weighted by Gasteiger charge is -2.17. The zero-order valence-electron chi connectivity index (χ0n) is 18.1. The molecular weight excluding hydrogens is 390 g/mol. The molecule has 7 heteroatoms. The Balaban J connectivity index is 1.47. The van der Waals surface area contributed by atoms with Crippen LogP contribution < -0.4 is 21.7 Å². The Kier molecular flexibility index (Phi) is 7.41. The molecule has 0 saturated carbocycles. The van der Waals surface area contributed by atoms with Crippen LogP contribution in [0.4, 0.5) is 0 Å². The van der Waals surface area contributed by atoms with Crippen LogP contribution >= 0.6 is 0 Å². The van der Waals surface area contributed by atoms with Gasteiger partial charge in [-0.2, -0.15) is 0 Å². The number of aryl methyl sites for hydroxylation is 1. The molecule has 0 bridgehead atoms. The molecule has 1 fully saturated rings. The average molecular weight is 422 g/mol. The van der Waals surface area contributed by atoms with E-state index in [9.17, 15) is 9.59 Å². The first-order valence-electron chi connectivity index (χ1n) is 10.7. The predicted octanol–water partition coefficient (Wildman–Crippen LogP) is 1.80. The summed E-state index contributed by atoms with van der Waals surface area (Å²) in [4.78, 5) is 25.0. The molecule has 3 atom stereocenters. The molecule has 1 heterocycles. The molecule has 0 aliphatic carbocycles. The van der Waals surface area contributed by atoms with Crippen molar-refractivity contribution in [2.24, 2.45) is 5.73 Å². The van der Waals surface area contributed by atoms with Gasteiger partial charge in [0.05, 0.1) is 6.04 Å². The maximum atomic E-state index is 12.7. The first-order valence-corrected chi connectivity index (χ1v) is 10.7. The Bertz CT molecular complexity index is 941. The van der Waals surface area contributed by atoms with Crippen LogP contribution in [0.3, 0.4) is 0 Å². The SMILES string of the molecule is CCc1cccc([C@H]2CN[C@@H](C(=O)N[C@@H](C)C(=O)NCc3ccc(C(=N)N)cc3)C2)c1. The van der Waals surface area contributed by atoms with Gasteiger partial charge in [0.2, 0.25) is 11.8 Å². The first-order chi connectivity index (χ1) is 14.9. The van der Waals surface area contributed by atoms with E-state index in [4.69, 9.17) is 11.1 Å². The van der Waals surface area contributed by atoms with E-state index in [0.29, 0.717) is 18.0 Å². The molecule has 0 unspecified atom stereocenters. The van der Waals surface area contributed by atoms with Gasteiger partial charge in [0.15, 0.2) is 0 Å². The summed E-state index contributed by atoms with van der Waals surface area (Å²) in [5.74, 6) is -0.0890. The fourth-order valence-electron chi connectivity index (χ4n) is 3.78. The molecule has 1 aliphatic rings. The van der Waals surface area contributed by atoms with Gasteiger partial charge in [0, 0.05) is 18.7 Å². The fraction of sp³-hybridized carbons (Fsp3) is 0.375. The monoisotopic (exact) mass is 421 g/mol. The first kappa shape index (κ1) is 22.5. The molecule has 7 nitrogen and oxygen atoms in total. The topological polar surface area (TPSA) is 120 Å². The quantitative estimate of drug-likeness (QED) is 0.330. The summed E-state index contributed by atoms with van der Waals surface area (Å²) in [6.07, 6.45) is 1.71. The number of nitrogens with two attached hydrogens (primary N) is 1. The molecule has 31 heavy (non-hydrogen) atoms. The number of rotatable bonds is 8. The number of amides is 2. The molecule has 1 aliphatic heterocycles. The van der Waals surface area contributed by atoms with Crippen LogP contribution in [0.2, 0.25) is 0 Å².